The number of rotatable bonds is 6. The predicted octanol–water partition coefficient (Wildman–Crippen LogP) is 1.87. The number of carboxylic acid groups (broad SMARTS) is 6. The molecule has 0 saturated carbocycles. The molecule has 0 bridgehead atoms. The molecular formula is C24H21N3O13Zn4+6. The Hall–Kier alpha value is -3.67. The van der Waals surface area contributed by atoms with E-state index in [0.29, 0.717) is 0 Å². The van der Waals surface area contributed by atoms with Crippen LogP contribution < -0.4 is 17.2 Å². The zero-order valence-corrected chi connectivity index (χ0v) is 34.7. The van der Waals surface area contributed by atoms with E-state index >= 15 is 0 Å². The molecule has 3 aromatic rings. The molecule has 20 heteroatoms. The van der Waals surface area contributed by atoms with Gasteiger partial charge in [0.05, 0.1) is 33.4 Å². The van der Waals surface area contributed by atoms with Crippen LogP contribution in [0.15, 0.2) is 54.6 Å². The third kappa shape index (κ3) is 15.2. The molecule has 0 saturated heterocycles. The van der Waals surface area contributed by atoms with Gasteiger partial charge in [0.1, 0.15) is 0 Å². The Labute approximate surface area is 299 Å². The third-order valence-corrected chi connectivity index (χ3v) is 4.59. The fraction of sp³-hybridized carbons (Fsp3) is 0. The number of carbonyl (C=O) groups is 6. The van der Waals surface area contributed by atoms with Crippen molar-refractivity contribution in [1.29, 1.82) is 0 Å². The first-order chi connectivity index (χ1) is 18.1. The predicted molar refractivity (Wildman–Crippen MR) is 135 cm³/mol. The van der Waals surface area contributed by atoms with E-state index in [1.54, 1.807) is 0 Å². The standard InChI is InChI=1S/3C8H7NO4.O.4Zn/c3*9-6-3-4(7(10)11)1-2-5(6)8(12)13;;;;;/h3*1-3H,9H2,(H,10,11)(H,12,13);;;;;/q;;;-2;4*+2. The van der Waals surface area contributed by atoms with Crippen molar-refractivity contribution in [2.24, 2.45) is 0 Å². The fourth-order valence-electron chi connectivity index (χ4n) is 2.67. The van der Waals surface area contributed by atoms with Crippen molar-refractivity contribution >= 4 is 52.9 Å². The van der Waals surface area contributed by atoms with Crippen LogP contribution in [0.4, 0.5) is 17.1 Å². The summed E-state index contributed by atoms with van der Waals surface area (Å²) in [5.74, 6) is -6.92. The molecule has 0 aliphatic carbocycles. The minimum atomic E-state index is -1.17. The summed E-state index contributed by atoms with van der Waals surface area (Å²) >= 11 is 0. The zero-order chi connectivity index (χ0) is 30.0. The summed E-state index contributed by atoms with van der Waals surface area (Å²) < 4.78 is 0. The molecule has 0 unspecified atom stereocenters. The summed E-state index contributed by atoms with van der Waals surface area (Å²) in [5.41, 5.74) is 15.4. The monoisotopic (exact) mass is 815 g/mol. The number of hydrogen-bond acceptors (Lipinski definition) is 9. The maximum absolute atomic E-state index is 10.5. The number of hydrogen-bond donors (Lipinski definition) is 9. The second-order valence-corrected chi connectivity index (χ2v) is 7.24. The van der Waals surface area contributed by atoms with Gasteiger partial charge in [0.25, 0.3) is 0 Å². The van der Waals surface area contributed by atoms with Crippen LogP contribution >= 0.6 is 0 Å². The molecule has 0 aliphatic rings. The van der Waals surface area contributed by atoms with Gasteiger partial charge in [-0.05, 0) is 54.6 Å². The molecule has 16 nitrogen and oxygen atoms in total. The second-order valence-electron chi connectivity index (χ2n) is 7.24. The average Bonchev–Trinajstić information content (AvgIpc) is 2.83. The van der Waals surface area contributed by atoms with Gasteiger partial charge in [0.2, 0.25) is 0 Å². The van der Waals surface area contributed by atoms with Crippen LogP contribution in [0.5, 0.6) is 0 Å². The van der Waals surface area contributed by atoms with Crippen molar-refractivity contribution in [3.63, 3.8) is 0 Å². The summed E-state index contributed by atoms with van der Waals surface area (Å²) in [7, 11) is 0. The molecule has 0 radical (unpaired) electrons. The maximum Gasteiger partial charge on any atom is 2.00 e. The number of aromatic carboxylic acids is 6. The van der Waals surface area contributed by atoms with Gasteiger partial charge in [-0.3, -0.25) is 0 Å². The molecular weight excluding hydrogens is 800 g/mol. The number of carboxylic acids is 6. The Bertz CT molecular complexity index is 1310. The quantitative estimate of drug-likeness (QED) is 0.127. The minimum absolute atomic E-state index is 0. The van der Waals surface area contributed by atoms with Crippen LogP contribution in [0.3, 0.4) is 0 Å². The first kappa shape index (κ1) is 50.0. The van der Waals surface area contributed by atoms with Crippen LogP contribution in [0.1, 0.15) is 62.1 Å². The van der Waals surface area contributed by atoms with E-state index in [1.807, 2.05) is 0 Å². The maximum atomic E-state index is 10.5. The first-order valence-electron chi connectivity index (χ1n) is 10.1. The van der Waals surface area contributed by atoms with Gasteiger partial charge < -0.3 is 53.3 Å². The average molecular weight is 821 g/mol. The van der Waals surface area contributed by atoms with Crippen LogP contribution in [0.2, 0.25) is 0 Å². The Morgan fingerprint density at radius 1 is 0.386 bits per heavy atom. The molecule has 212 valence electrons. The van der Waals surface area contributed by atoms with Gasteiger partial charge in [-0.2, -0.15) is 0 Å². The summed E-state index contributed by atoms with van der Waals surface area (Å²) in [4.78, 5) is 62.7. The Morgan fingerprint density at radius 3 is 0.682 bits per heavy atom. The van der Waals surface area contributed by atoms with Gasteiger partial charge in [-0.15, -0.1) is 0 Å². The molecule has 0 aliphatic heterocycles. The van der Waals surface area contributed by atoms with Crippen molar-refractivity contribution in [2.45, 2.75) is 0 Å². The van der Waals surface area contributed by atoms with Crippen LogP contribution in [0.25, 0.3) is 0 Å². The molecule has 0 fully saturated rings. The summed E-state index contributed by atoms with van der Waals surface area (Å²) in [6.07, 6.45) is 0. The Morgan fingerprint density at radius 2 is 0.568 bits per heavy atom. The third-order valence-electron chi connectivity index (χ3n) is 4.59. The SMILES string of the molecule is Nc1cc(C(=O)O)ccc1C(=O)O.Nc1cc(C(=O)O)ccc1C(=O)O.Nc1cc(C(=O)O)ccc1C(=O)O.[O-2].[Zn+2].[Zn+2].[Zn+2].[Zn+2]. The van der Waals surface area contributed by atoms with Crippen molar-refractivity contribution in [3.05, 3.63) is 88.0 Å². The van der Waals surface area contributed by atoms with E-state index < -0.39 is 35.8 Å². The molecule has 0 amide bonds. The Kier molecular flexibility index (Phi) is 25.9. The minimum Gasteiger partial charge on any atom is -2.00 e. The van der Waals surface area contributed by atoms with Gasteiger partial charge in [0, 0.05) is 17.1 Å². The van der Waals surface area contributed by atoms with Crippen molar-refractivity contribution in [3.8, 4) is 0 Å². The molecule has 44 heavy (non-hydrogen) atoms. The summed E-state index contributed by atoms with van der Waals surface area (Å²) in [6.45, 7) is 0. The van der Waals surface area contributed by atoms with E-state index in [9.17, 15) is 28.8 Å². The molecule has 0 atom stereocenters. The molecule has 3 rings (SSSR count). The smallest absolute Gasteiger partial charge is 2.00 e. The van der Waals surface area contributed by atoms with E-state index in [-0.39, 0.29) is 134 Å². The fourth-order valence-corrected chi connectivity index (χ4v) is 2.67. The Balaban J connectivity index is -0.000000164. The second kappa shape index (κ2) is 22.8. The molecule has 12 N–H and O–H groups in total. The van der Waals surface area contributed by atoms with Gasteiger partial charge in [-0.25, -0.2) is 28.8 Å². The number of benzene rings is 3. The summed E-state index contributed by atoms with van der Waals surface area (Å²) in [5, 5.41) is 51.3. The van der Waals surface area contributed by atoms with Crippen LogP contribution in [-0.4, -0.2) is 66.5 Å². The van der Waals surface area contributed by atoms with Crippen LogP contribution in [-0.2, 0) is 83.4 Å². The van der Waals surface area contributed by atoms with Gasteiger partial charge in [-0.1, -0.05) is 0 Å². The number of nitrogen functional groups attached to an aromatic ring is 3. The zero-order valence-electron chi connectivity index (χ0n) is 22.8. The molecule has 3 aromatic carbocycles. The first-order valence-corrected chi connectivity index (χ1v) is 10.1. The van der Waals surface area contributed by atoms with E-state index in [4.69, 9.17) is 47.8 Å². The normalized spacial score (nSPS) is 8.45. The van der Waals surface area contributed by atoms with Crippen molar-refractivity contribution < 1.29 is 143 Å². The summed E-state index contributed by atoms with van der Waals surface area (Å²) in [6, 6.07) is 10.4. The van der Waals surface area contributed by atoms with Gasteiger partial charge >= 0.3 is 114 Å². The molecule has 0 spiro atoms. The van der Waals surface area contributed by atoms with Crippen molar-refractivity contribution in [1.82, 2.24) is 0 Å². The largest absolute Gasteiger partial charge is 2.00 e. The van der Waals surface area contributed by atoms with E-state index in [2.05, 4.69) is 0 Å². The van der Waals surface area contributed by atoms with Gasteiger partial charge in [0.15, 0.2) is 0 Å². The number of anilines is 3. The van der Waals surface area contributed by atoms with E-state index in [1.165, 1.54) is 36.4 Å². The molecule has 0 heterocycles. The number of nitrogens with two attached hydrogens (primary N) is 3. The molecule has 0 aromatic heterocycles. The van der Waals surface area contributed by atoms with E-state index in [0.717, 1.165) is 18.2 Å². The van der Waals surface area contributed by atoms with Crippen molar-refractivity contribution in [2.75, 3.05) is 17.2 Å². The van der Waals surface area contributed by atoms with Crippen LogP contribution in [0, 0.1) is 0 Å². The topological polar surface area (TPSA) is 330 Å².